The third-order valence-electron chi connectivity index (χ3n) is 10.6. The van der Waals surface area contributed by atoms with Crippen LogP contribution in [0.2, 0.25) is 5.02 Å². The summed E-state index contributed by atoms with van der Waals surface area (Å²) in [4.78, 5) is 59.0. The van der Waals surface area contributed by atoms with E-state index in [0.717, 1.165) is 11.0 Å². The highest BCUT2D eigenvalue weighted by Gasteiger charge is 2.83. The minimum atomic E-state index is -1.69. The lowest BCUT2D eigenvalue weighted by Gasteiger charge is -2.39. The second kappa shape index (κ2) is 11.8. The first-order valence-electron chi connectivity index (χ1n) is 16.2. The molecule has 5 aromatic rings. The first kappa shape index (κ1) is 32.2. The fourth-order valence-electron chi connectivity index (χ4n) is 8.71. The fraction of sp³-hybridized carbons (Fsp3) is 0.146. The summed E-state index contributed by atoms with van der Waals surface area (Å²) in [5.41, 5.74) is -0.541. The van der Waals surface area contributed by atoms with Crippen LogP contribution in [0.25, 0.3) is 11.1 Å². The van der Waals surface area contributed by atoms with Gasteiger partial charge in [0.1, 0.15) is 17.2 Å². The zero-order chi connectivity index (χ0) is 35.7. The number of methoxy groups -OCH3 is 2. The third kappa shape index (κ3) is 4.24. The smallest absolute Gasteiger partial charge is 0.294 e. The van der Waals surface area contributed by atoms with Crippen LogP contribution in [0.5, 0.6) is 11.5 Å². The Morgan fingerprint density at radius 2 is 1.08 bits per heavy atom. The second-order valence-corrected chi connectivity index (χ2v) is 13.2. The van der Waals surface area contributed by atoms with Crippen LogP contribution in [0.4, 0.5) is 11.4 Å². The number of allylic oxidation sites excluding steroid dienone is 2. The lowest BCUT2D eigenvalue weighted by atomic mass is 9.59. The topological polar surface area (TPSA) is 116 Å². The van der Waals surface area contributed by atoms with E-state index in [-0.39, 0.29) is 16.5 Å². The van der Waals surface area contributed by atoms with Crippen molar-refractivity contribution in [2.24, 2.45) is 11.8 Å². The van der Waals surface area contributed by atoms with Gasteiger partial charge in [0, 0.05) is 11.1 Å². The van der Waals surface area contributed by atoms with Crippen LogP contribution in [0.1, 0.15) is 22.3 Å². The van der Waals surface area contributed by atoms with Gasteiger partial charge in [0.05, 0.1) is 41.8 Å². The molecule has 1 heterocycles. The molecule has 0 unspecified atom stereocenters. The second-order valence-electron chi connectivity index (χ2n) is 12.7. The van der Waals surface area contributed by atoms with Crippen LogP contribution in [-0.4, -0.2) is 36.7 Å². The van der Waals surface area contributed by atoms with Crippen molar-refractivity contribution >= 4 is 51.7 Å². The summed E-state index contributed by atoms with van der Waals surface area (Å²) >= 11 is 6.17. The Morgan fingerprint density at radius 3 is 1.47 bits per heavy atom. The molecule has 2 aliphatic carbocycles. The molecule has 0 radical (unpaired) electrons. The van der Waals surface area contributed by atoms with E-state index in [1.807, 2.05) is 60.7 Å². The van der Waals surface area contributed by atoms with E-state index in [0.29, 0.717) is 44.9 Å². The van der Waals surface area contributed by atoms with Gasteiger partial charge < -0.3 is 9.47 Å². The van der Waals surface area contributed by atoms with Crippen LogP contribution in [0, 0.1) is 22.0 Å². The van der Waals surface area contributed by atoms with Crippen molar-refractivity contribution in [3.63, 3.8) is 0 Å². The molecule has 10 heteroatoms. The Balaban J connectivity index is 1.54. The predicted octanol–water partition coefficient (Wildman–Crippen LogP) is 7.45. The van der Waals surface area contributed by atoms with E-state index >= 15 is 14.4 Å². The van der Waals surface area contributed by atoms with E-state index in [4.69, 9.17) is 21.1 Å². The van der Waals surface area contributed by atoms with Crippen molar-refractivity contribution in [3.05, 3.63) is 165 Å². The van der Waals surface area contributed by atoms with E-state index in [1.54, 1.807) is 62.8 Å². The van der Waals surface area contributed by atoms with Crippen molar-refractivity contribution < 1.29 is 28.8 Å². The van der Waals surface area contributed by atoms with Crippen LogP contribution in [0.3, 0.4) is 0 Å². The molecule has 8 rings (SSSR count). The molecule has 4 atom stereocenters. The van der Waals surface area contributed by atoms with Crippen molar-refractivity contribution in [1.82, 2.24) is 0 Å². The molecule has 3 aliphatic rings. The molecule has 0 aromatic heterocycles. The standard InChI is InChI=1S/C41H29ClN2O7/c1-50-29-18-13-24(14-19-29)33-34(25-15-20-30(51-2)21-16-25)41(27-11-7-4-8-12-27)36-35(40(33,39(41)47)26-9-5-3-6-10-26)37(45)43(38(36)46)31-22-17-28(42)23-32(31)44(48)49/h3-23,35-36H,1-2H3/t35-,36-,40+,41+/m0/s1. The van der Waals surface area contributed by atoms with E-state index in [2.05, 4.69) is 0 Å². The molecule has 1 saturated carbocycles. The number of fused-ring (bicyclic) bond motifs is 5. The number of hydrogen-bond donors (Lipinski definition) is 0. The van der Waals surface area contributed by atoms with Gasteiger partial charge >= 0.3 is 0 Å². The average Bonchev–Trinajstić information content (AvgIpc) is 3.67. The van der Waals surface area contributed by atoms with Gasteiger partial charge in [-0.1, -0.05) is 96.5 Å². The number of amides is 2. The normalized spacial score (nSPS) is 23.5. The van der Waals surface area contributed by atoms with Gasteiger partial charge in [0.25, 0.3) is 5.69 Å². The molecular formula is C41H29ClN2O7. The quantitative estimate of drug-likeness (QED) is 0.0940. The van der Waals surface area contributed by atoms with Crippen LogP contribution >= 0.6 is 11.6 Å². The zero-order valence-corrected chi connectivity index (χ0v) is 28.2. The summed E-state index contributed by atoms with van der Waals surface area (Å²) in [5, 5.41) is 12.4. The van der Waals surface area contributed by atoms with E-state index < -0.39 is 45.1 Å². The first-order chi connectivity index (χ1) is 24.7. The number of nitro groups is 1. The Morgan fingerprint density at radius 1 is 0.647 bits per heavy atom. The van der Waals surface area contributed by atoms with Crippen LogP contribution in [0.15, 0.2) is 127 Å². The minimum Gasteiger partial charge on any atom is -0.497 e. The lowest BCUT2D eigenvalue weighted by molar-refractivity contribution is -0.384. The predicted molar refractivity (Wildman–Crippen MR) is 192 cm³/mol. The van der Waals surface area contributed by atoms with E-state index in [1.165, 1.54) is 12.1 Å². The van der Waals surface area contributed by atoms with Gasteiger partial charge in [-0.05, 0) is 69.8 Å². The maximum atomic E-state index is 16.1. The van der Waals surface area contributed by atoms with Gasteiger partial charge in [0.2, 0.25) is 11.8 Å². The number of rotatable bonds is 8. The number of ketones is 1. The van der Waals surface area contributed by atoms with Crippen molar-refractivity contribution in [2.75, 3.05) is 19.1 Å². The number of benzene rings is 5. The van der Waals surface area contributed by atoms with Gasteiger partial charge in [-0.25, -0.2) is 4.90 Å². The molecule has 1 aliphatic heterocycles. The van der Waals surface area contributed by atoms with Gasteiger partial charge in [-0.3, -0.25) is 24.5 Å². The Bertz CT molecular complexity index is 2160. The lowest BCUT2D eigenvalue weighted by Crippen LogP contribution is -2.45. The summed E-state index contributed by atoms with van der Waals surface area (Å²) in [5.74, 6) is -3.04. The van der Waals surface area contributed by atoms with Crippen molar-refractivity contribution in [1.29, 1.82) is 0 Å². The molecule has 0 spiro atoms. The number of halogens is 1. The monoisotopic (exact) mass is 696 g/mol. The molecule has 5 aromatic carbocycles. The molecule has 2 bridgehead atoms. The number of ether oxygens (including phenoxy) is 2. The molecule has 252 valence electrons. The summed E-state index contributed by atoms with van der Waals surface area (Å²) in [7, 11) is 3.12. The minimum absolute atomic E-state index is 0.0757. The molecular weight excluding hydrogens is 668 g/mol. The Kier molecular flexibility index (Phi) is 7.43. The van der Waals surface area contributed by atoms with Crippen LogP contribution in [-0.2, 0) is 25.2 Å². The fourth-order valence-corrected chi connectivity index (χ4v) is 8.88. The number of anilines is 1. The maximum absolute atomic E-state index is 16.1. The largest absolute Gasteiger partial charge is 0.497 e. The molecule has 1 saturated heterocycles. The van der Waals surface area contributed by atoms with E-state index in [9.17, 15) is 10.1 Å². The zero-order valence-electron chi connectivity index (χ0n) is 27.4. The SMILES string of the molecule is COc1ccc(C2=C(c3ccc(OC)cc3)[C@@]3(c4ccccc4)C(=O)[C@@]2(c2ccccc2)[C@@H]2C(=O)N(c4ccc(Cl)cc4[N+](=O)[O-])C(=O)[C@H]23)cc1. The number of imide groups is 1. The molecule has 2 fully saturated rings. The number of carbonyl (C=O) groups excluding carboxylic acids is 3. The summed E-state index contributed by atoms with van der Waals surface area (Å²) in [6.45, 7) is 0. The molecule has 9 nitrogen and oxygen atoms in total. The van der Waals surface area contributed by atoms with Gasteiger partial charge in [-0.2, -0.15) is 0 Å². The summed E-state index contributed by atoms with van der Waals surface area (Å²) in [6, 6.07) is 36.5. The average molecular weight is 697 g/mol. The number of hydrogen-bond acceptors (Lipinski definition) is 7. The molecule has 0 N–H and O–H groups in total. The highest BCUT2D eigenvalue weighted by Crippen LogP contribution is 2.74. The van der Waals surface area contributed by atoms with Crippen molar-refractivity contribution in [3.8, 4) is 11.5 Å². The highest BCUT2D eigenvalue weighted by atomic mass is 35.5. The number of nitro benzene ring substituents is 1. The Labute approximate surface area is 297 Å². The summed E-state index contributed by atoms with van der Waals surface area (Å²) < 4.78 is 11.0. The third-order valence-corrected chi connectivity index (χ3v) is 10.8. The maximum Gasteiger partial charge on any atom is 0.294 e. The first-order valence-corrected chi connectivity index (χ1v) is 16.6. The van der Waals surface area contributed by atoms with Crippen molar-refractivity contribution in [2.45, 2.75) is 10.8 Å². The van der Waals surface area contributed by atoms with Gasteiger partial charge in [0.15, 0.2) is 5.78 Å². The van der Waals surface area contributed by atoms with Gasteiger partial charge in [-0.15, -0.1) is 0 Å². The number of nitrogens with zero attached hydrogens (tertiary/aromatic N) is 2. The molecule has 2 amide bonds. The Hall–Kier alpha value is -6.06. The molecule has 51 heavy (non-hydrogen) atoms. The number of Topliss-reactive ketones (excluding diaryl/α,β-unsaturated/α-hetero) is 1. The number of carbonyl (C=O) groups is 3. The highest BCUT2D eigenvalue weighted by molar-refractivity contribution is 6.39. The van der Waals surface area contributed by atoms with Crippen LogP contribution < -0.4 is 14.4 Å². The summed E-state index contributed by atoms with van der Waals surface area (Å²) in [6.07, 6.45) is 0.